The number of esters is 1. The maximum absolute atomic E-state index is 14.3. The van der Waals surface area contributed by atoms with Crippen LogP contribution >= 0.6 is 0 Å². The van der Waals surface area contributed by atoms with Gasteiger partial charge in [0.1, 0.15) is 17.2 Å². The maximum atomic E-state index is 14.3. The highest BCUT2D eigenvalue weighted by atomic mass is 19.1. The molecule has 1 atom stereocenters. The number of benzene rings is 2. The molecule has 2 rings (SSSR count). The van der Waals surface area contributed by atoms with E-state index in [1.165, 1.54) is 30.3 Å². The van der Waals surface area contributed by atoms with Gasteiger partial charge in [0, 0.05) is 18.5 Å². The van der Waals surface area contributed by atoms with Crippen molar-refractivity contribution >= 4 is 11.9 Å². The smallest absolute Gasteiger partial charge is 0.308 e. The molecule has 0 radical (unpaired) electrons. The Bertz CT molecular complexity index is 810. The summed E-state index contributed by atoms with van der Waals surface area (Å²) >= 11 is 0. The van der Waals surface area contributed by atoms with Gasteiger partial charge in [-0.15, -0.1) is 0 Å². The molecule has 0 aromatic heterocycles. The summed E-state index contributed by atoms with van der Waals surface area (Å²) in [7, 11) is 0. The van der Waals surface area contributed by atoms with E-state index in [4.69, 9.17) is 20.4 Å². The van der Waals surface area contributed by atoms with Gasteiger partial charge in [-0.05, 0) is 50.1 Å². The predicted octanol–water partition coefficient (Wildman–Crippen LogP) is 4.45. The number of hydrogen-bond donors (Lipinski definition) is 2. The highest BCUT2D eigenvalue weighted by Crippen LogP contribution is 2.26. The SMILES string of the molecule is CC(=O)O.CC(C)(C)OC(=O)CC(N)c1ccc(-c2ccc(F)cc2)c(F)c1. The van der Waals surface area contributed by atoms with E-state index in [0.29, 0.717) is 16.7 Å². The molecule has 0 amide bonds. The second-order valence-corrected chi connectivity index (χ2v) is 7.16. The minimum Gasteiger partial charge on any atom is -0.481 e. The van der Waals surface area contributed by atoms with Crippen LogP contribution in [-0.2, 0) is 14.3 Å². The Hall–Kier alpha value is -2.80. The number of carbonyl (C=O) groups excluding carboxylic acids is 1. The van der Waals surface area contributed by atoms with Gasteiger partial charge in [0.05, 0.1) is 6.42 Å². The number of carboxylic acids is 1. The summed E-state index contributed by atoms with van der Waals surface area (Å²) in [6.45, 7) is 6.40. The first-order chi connectivity index (χ1) is 12.9. The van der Waals surface area contributed by atoms with Gasteiger partial charge in [-0.1, -0.05) is 24.3 Å². The molecular weight excluding hydrogens is 368 g/mol. The van der Waals surface area contributed by atoms with Crippen molar-refractivity contribution in [2.45, 2.75) is 45.8 Å². The molecule has 1 unspecified atom stereocenters. The van der Waals surface area contributed by atoms with Crippen LogP contribution in [0, 0.1) is 11.6 Å². The standard InChI is InChI=1S/C19H21F2NO2.C2H4O2/c1-19(2,3)24-18(23)11-17(22)13-6-9-15(16(21)10-13)12-4-7-14(20)8-5-12;1-2(3)4/h4-10,17H,11,22H2,1-3H3;1H3,(H,3,4). The van der Waals surface area contributed by atoms with Crippen molar-refractivity contribution in [3.8, 4) is 11.1 Å². The molecule has 0 fully saturated rings. The van der Waals surface area contributed by atoms with Crippen LogP contribution in [0.1, 0.15) is 45.7 Å². The van der Waals surface area contributed by atoms with Gasteiger partial charge < -0.3 is 15.6 Å². The van der Waals surface area contributed by atoms with Crippen molar-refractivity contribution < 1.29 is 28.2 Å². The minimum atomic E-state index is -0.833. The predicted molar refractivity (Wildman–Crippen MR) is 102 cm³/mol. The number of rotatable bonds is 4. The fourth-order valence-corrected chi connectivity index (χ4v) is 2.31. The van der Waals surface area contributed by atoms with Crippen LogP contribution in [0.3, 0.4) is 0 Å². The molecule has 5 nitrogen and oxygen atoms in total. The molecule has 3 N–H and O–H groups in total. The molecule has 28 heavy (non-hydrogen) atoms. The van der Waals surface area contributed by atoms with Gasteiger partial charge in [0.25, 0.3) is 5.97 Å². The van der Waals surface area contributed by atoms with Crippen LogP contribution in [-0.4, -0.2) is 22.6 Å². The molecule has 7 heteroatoms. The van der Waals surface area contributed by atoms with Crippen LogP contribution in [0.2, 0.25) is 0 Å². The molecule has 0 saturated carbocycles. The van der Waals surface area contributed by atoms with Crippen molar-refractivity contribution in [3.63, 3.8) is 0 Å². The fraction of sp³-hybridized carbons (Fsp3) is 0.333. The van der Waals surface area contributed by atoms with Gasteiger partial charge in [0.2, 0.25) is 0 Å². The van der Waals surface area contributed by atoms with Crippen LogP contribution in [0.5, 0.6) is 0 Å². The van der Waals surface area contributed by atoms with Crippen LogP contribution in [0.4, 0.5) is 8.78 Å². The Morgan fingerprint density at radius 1 is 1.11 bits per heavy atom. The summed E-state index contributed by atoms with van der Waals surface area (Å²) in [5.74, 6) is -2.12. The monoisotopic (exact) mass is 393 g/mol. The minimum absolute atomic E-state index is 0.0351. The number of nitrogens with two attached hydrogens (primary N) is 1. The topological polar surface area (TPSA) is 89.6 Å². The second kappa shape index (κ2) is 9.94. The van der Waals surface area contributed by atoms with E-state index in [9.17, 15) is 13.6 Å². The van der Waals surface area contributed by atoms with E-state index in [1.54, 1.807) is 32.9 Å². The molecule has 0 aliphatic carbocycles. The van der Waals surface area contributed by atoms with Crippen LogP contribution in [0.15, 0.2) is 42.5 Å². The fourth-order valence-electron chi connectivity index (χ4n) is 2.31. The summed E-state index contributed by atoms with van der Waals surface area (Å²) in [4.78, 5) is 20.8. The molecule has 0 bridgehead atoms. The second-order valence-electron chi connectivity index (χ2n) is 7.16. The third-order valence-corrected chi connectivity index (χ3v) is 3.38. The lowest BCUT2D eigenvalue weighted by Crippen LogP contribution is -2.26. The Balaban J connectivity index is 0.000000892. The number of aliphatic carboxylic acids is 1. The molecule has 0 aliphatic rings. The lowest BCUT2D eigenvalue weighted by molar-refractivity contribution is -0.155. The van der Waals surface area contributed by atoms with E-state index < -0.39 is 29.4 Å². The zero-order valence-corrected chi connectivity index (χ0v) is 16.3. The third-order valence-electron chi connectivity index (χ3n) is 3.38. The highest BCUT2D eigenvalue weighted by molar-refractivity contribution is 5.71. The summed E-state index contributed by atoms with van der Waals surface area (Å²) in [5, 5.41) is 7.42. The Labute approximate surface area is 163 Å². The van der Waals surface area contributed by atoms with Crippen LogP contribution in [0.25, 0.3) is 11.1 Å². The van der Waals surface area contributed by atoms with Gasteiger partial charge in [-0.3, -0.25) is 9.59 Å². The first-order valence-electron chi connectivity index (χ1n) is 8.61. The van der Waals surface area contributed by atoms with E-state index in [2.05, 4.69) is 0 Å². The molecule has 2 aromatic rings. The summed E-state index contributed by atoms with van der Waals surface area (Å²) in [6, 6.07) is 9.45. The van der Waals surface area contributed by atoms with E-state index >= 15 is 0 Å². The number of halogens is 2. The average Bonchev–Trinajstić information content (AvgIpc) is 2.53. The lowest BCUT2D eigenvalue weighted by Gasteiger charge is -2.21. The average molecular weight is 393 g/mol. The zero-order chi connectivity index (χ0) is 21.5. The van der Waals surface area contributed by atoms with E-state index in [0.717, 1.165) is 6.92 Å². The summed E-state index contributed by atoms with van der Waals surface area (Å²) in [6.07, 6.45) is -0.0351. The number of carboxylic acid groups (broad SMARTS) is 1. The van der Waals surface area contributed by atoms with Crippen molar-refractivity contribution in [2.24, 2.45) is 5.73 Å². The maximum Gasteiger partial charge on any atom is 0.308 e. The van der Waals surface area contributed by atoms with Crippen molar-refractivity contribution in [1.82, 2.24) is 0 Å². The molecule has 0 heterocycles. The molecular formula is C21H25F2NO4. The van der Waals surface area contributed by atoms with Gasteiger partial charge >= 0.3 is 5.97 Å². The van der Waals surface area contributed by atoms with E-state index in [1.807, 2.05) is 0 Å². The van der Waals surface area contributed by atoms with Crippen molar-refractivity contribution in [1.29, 1.82) is 0 Å². The Morgan fingerprint density at radius 2 is 1.64 bits per heavy atom. The van der Waals surface area contributed by atoms with Gasteiger partial charge in [-0.2, -0.15) is 0 Å². The Kier molecular flexibility index (Phi) is 8.25. The van der Waals surface area contributed by atoms with Crippen molar-refractivity contribution in [2.75, 3.05) is 0 Å². The van der Waals surface area contributed by atoms with Gasteiger partial charge in [0.15, 0.2) is 0 Å². The van der Waals surface area contributed by atoms with E-state index in [-0.39, 0.29) is 12.2 Å². The molecule has 0 spiro atoms. The normalized spacial score (nSPS) is 11.8. The molecule has 2 aromatic carbocycles. The molecule has 152 valence electrons. The quantitative estimate of drug-likeness (QED) is 0.749. The largest absolute Gasteiger partial charge is 0.481 e. The number of ether oxygens (including phenoxy) is 1. The molecule has 0 aliphatic heterocycles. The first-order valence-corrected chi connectivity index (χ1v) is 8.61. The number of hydrogen-bond acceptors (Lipinski definition) is 4. The summed E-state index contributed by atoms with van der Waals surface area (Å²) in [5.41, 5.74) is 6.81. The van der Waals surface area contributed by atoms with Gasteiger partial charge in [-0.25, -0.2) is 8.78 Å². The number of carbonyl (C=O) groups is 2. The third kappa shape index (κ3) is 8.26. The lowest BCUT2D eigenvalue weighted by atomic mass is 9.99. The zero-order valence-electron chi connectivity index (χ0n) is 16.3. The van der Waals surface area contributed by atoms with Crippen LogP contribution < -0.4 is 5.73 Å². The van der Waals surface area contributed by atoms with Crippen molar-refractivity contribution in [3.05, 3.63) is 59.7 Å². The Morgan fingerprint density at radius 3 is 2.11 bits per heavy atom. The first kappa shape index (κ1) is 23.2. The molecule has 0 saturated heterocycles. The highest BCUT2D eigenvalue weighted by Gasteiger charge is 2.20. The summed E-state index contributed by atoms with van der Waals surface area (Å²) < 4.78 is 32.5.